The van der Waals surface area contributed by atoms with Crippen molar-refractivity contribution in [1.29, 1.82) is 5.26 Å². The number of amides is 1. The van der Waals surface area contributed by atoms with Gasteiger partial charge in [0.2, 0.25) is 17.5 Å². The van der Waals surface area contributed by atoms with Crippen LogP contribution in [-0.2, 0) is 4.74 Å². The second-order valence-corrected chi connectivity index (χ2v) is 6.38. The summed E-state index contributed by atoms with van der Waals surface area (Å²) in [6.07, 6.45) is -0.745. The number of ether oxygens (including phenoxy) is 1. The van der Waals surface area contributed by atoms with Crippen molar-refractivity contribution < 1.29 is 13.9 Å². The standard InChI is InChI=1S/C15H13Cl2N3O3/c1-15(2,3)23-14(21)20-13-11(7-18)19-12(22-13)8-4-5-9(16)10(17)6-8/h4-6H,1-3H3,(H,20,21). The summed E-state index contributed by atoms with van der Waals surface area (Å²) in [5.41, 5.74) is -0.228. The van der Waals surface area contributed by atoms with Crippen molar-refractivity contribution in [2.75, 3.05) is 5.32 Å². The quantitative estimate of drug-likeness (QED) is 0.831. The van der Waals surface area contributed by atoms with E-state index in [-0.39, 0.29) is 17.5 Å². The lowest BCUT2D eigenvalue weighted by molar-refractivity contribution is 0.0632. The Kier molecular flexibility index (Phi) is 4.83. The second-order valence-electron chi connectivity index (χ2n) is 5.56. The molecule has 0 aliphatic rings. The molecule has 1 amide bonds. The van der Waals surface area contributed by atoms with Crippen molar-refractivity contribution in [1.82, 2.24) is 4.98 Å². The molecule has 1 aromatic carbocycles. The van der Waals surface area contributed by atoms with Crippen molar-refractivity contribution in [2.45, 2.75) is 26.4 Å². The van der Waals surface area contributed by atoms with Gasteiger partial charge in [0.25, 0.3) is 0 Å². The molecule has 23 heavy (non-hydrogen) atoms. The van der Waals surface area contributed by atoms with Gasteiger partial charge in [0.05, 0.1) is 10.0 Å². The minimum atomic E-state index is -0.745. The van der Waals surface area contributed by atoms with Crippen LogP contribution >= 0.6 is 23.2 Å². The van der Waals surface area contributed by atoms with Crippen LogP contribution < -0.4 is 5.32 Å². The normalized spacial score (nSPS) is 11.0. The van der Waals surface area contributed by atoms with Crippen molar-refractivity contribution in [3.63, 3.8) is 0 Å². The summed E-state index contributed by atoms with van der Waals surface area (Å²) in [5, 5.41) is 12.2. The maximum absolute atomic E-state index is 11.8. The van der Waals surface area contributed by atoms with Gasteiger partial charge in [-0.2, -0.15) is 10.2 Å². The van der Waals surface area contributed by atoms with Crippen LogP contribution in [0.15, 0.2) is 22.6 Å². The van der Waals surface area contributed by atoms with Gasteiger partial charge >= 0.3 is 6.09 Å². The Bertz CT molecular complexity index is 788. The number of benzene rings is 1. The molecule has 0 saturated carbocycles. The lowest BCUT2D eigenvalue weighted by Gasteiger charge is -2.18. The van der Waals surface area contributed by atoms with Crippen LogP contribution in [0.1, 0.15) is 26.5 Å². The number of anilines is 1. The summed E-state index contributed by atoms with van der Waals surface area (Å²) in [4.78, 5) is 15.8. The zero-order valence-corrected chi connectivity index (χ0v) is 14.1. The van der Waals surface area contributed by atoms with Gasteiger partial charge in [0, 0.05) is 5.56 Å². The lowest BCUT2D eigenvalue weighted by atomic mass is 10.2. The highest BCUT2D eigenvalue weighted by atomic mass is 35.5. The monoisotopic (exact) mass is 353 g/mol. The molecule has 1 N–H and O–H groups in total. The Morgan fingerprint density at radius 3 is 2.61 bits per heavy atom. The Morgan fingerprint density at radius 2 is 2.04 bits per heavy atom. The predicted molar refractivity (Wildman–Crippen MR) is 86.5 cm³/mol. The number of nitrogens with zero attached hydrogens (tertiary/aromatic N) is 2. The summed E-state index contributed by atoms with van der Waals surface area (Å²) in [6, 6.07) is 6.61. The Morgan fingerprint density at radius 1 is 1.35 bits per heavy atom. The number of halogens is 2. The molecule has 6 nitrogen and oxygen atoms in total. The third kappa shape index (κ3) is 4.38. The van der Waals surface area contributed by atoms with Gasteiger partial charge in [-0.3, -0.25) is 5.32 Å². The van der Waals surface area contributed by atoms with Crippen LogP contribution in [0.2, 0.25) is 10.0 Å². The molecule has 1 heterocycles. The second kappa shape index (κ2) is 6.49. The molecule has 0 unspecified atom stereocenters. The molecule has 2 rings (SSSR count). The molecular formula is C15H13Cl2N3O3. The zero-order valence-electron chi connectivity index (χ0n) is 12.6. The summed E-state index contributed by atoms with van der Waals surface area (Å²) < 4.78 is 10.5. The van der Waals surface area contributed by atoms with Crippen molar-refractivity contribution in [2.24, 2.45) is 0 Å². The molecule has 0 bridgehead atoms. The van der Waals surface area contributed by atoms with E-state index in [1.165, 1.54) is 0 Å². The van der Waals surface area contributed by atoms with E-state index < -0.39 is 11.7 Å². The van der Waals surface area contributed by atoms with Crippen LogP contribution in [-0.4, -0.2) is 16.7 Å². The summed E-state index contributed by atoms with van der Waals surface area (Å²) in [6.45, 7) is 5.16. The molecule has 2 aromatic rings. The van der Waals surface area contributed by atoms with Crippen LogP contribution in [0.3, 0.4) is 0 Å². The van der Waals surface area contributed by atoms with E-state index in [0.29, 0.717) is 15.6 Å². The van der Waals surface area contributed by atoms with E-state index in [9.17, 15) is 4.79 Å². The minimum Gasteiger partial charge on any atom is -0.444 e. The van der Waals surface area contributed by atoms with E-state index in [4.69, 9.17) is 37.6 Å². The van der Waals surface area contributed by atoms with Gasteiger partial charge in [-0.25, -0.2) is 4.79 Å². The highest BCUT2D eigenvalue weighted by Gasteiger charge is 2.21. The fraction of sp³-hybridized carbons (Fsp3) is 0.267. The highest BCUT2D eigenvalue weighted by molar-refractivity contribution is 6.42. The average Bonchev–Trinajstić information content (AvgIpc) is 2.82. The molecule has 8 heteroatoms. The van der Waals surface area contributed by atoms with Gasteiger partial charge in [0.15, 0.2) is 0 Å². The topological polar surface area (TPSA) is 88.2 Å². The minimum absolute atomic E-state index is 0.0723. The fourth-order valence-corrected chi connectivity index (χ4v) is 1.93. The van der Waals surface area contributed by atoms with Crippen LogP contribution in [0, 0.1) is 11.3 Å². The van der Waals surface area contributed by atoms with E-state index in [0.717, 1.165) is 0 Å². The molecule has 0 radical (unpaired) electrons. The Hall–Kier alpha value is -2.23. The number of hydrogen-bond acceptors (Lipinski definition) is 5. The molecule has 0 fully saturated rings. The maximum Gasteiger partial charge on any atom is 0.414 e. The SMILES string of the molecule is CC(C)(C)OC(=O)Nc1oc(-c2ccc(Cl)c(Cl)c2)nc1C#N. The fourth-order valence-electron chi connectivity index (χ4n) is 1.63. The summed E-state index contributed by atoms with van der Waals surface area (Å²) in [7, 11) is 0. The van der Waals surface area contributed by atoms with Gasteiger partial charge in [0.1, 0.15) is 11.7 Å². The molecule has 0 aliphatic heterocycles. The number of hydrogen-bond donors (Lipinski definition) is 1. The number of nitrogens with one attached hydrogen (secondary N) is 1. The average molecular weight is 354 g/mol. The molecule has 0 saturated heterocycles. The predicted octanol–water partition coefficient (Wildman–Crippen LogP) is 4.87. The van der Waals surface area contributed by atoms with Crippen LogP contribution in [0.4, 0.5) is 10.7 Å². The molecular weight excluding hydrogens is 341 g/mol. The molecule has 0 atom stereocenters. The number of oxazole rings is 1. The van der Waals surface area contributed by atoms with E-state index in [1.807, 2.05) is 6.07 Å². The Balaban J connectivity index is 2.29. The number of carbonyl (C=O) groups excluding carboxylic acids is 1. The number of carbonyl (C=O) groups is 1. The van der Waals surface area contributed by atoms with E-state index in [1.54, 1.807) is 39.0 Å². The van der Waals surface area contributed by atoms with Crippen molar-refractivity contribution in [3.05, 3.63) is 33.9 Å². The first kappa shape index (κ1) is 17.1. The van der Waals surface area contributed by atoms with Gasteiger partial charge in [-0.1, -0.05) is 23.2 Å². The number of rotatable bonds is 2. The highest BCUT2D eigenvalue weighted by Crippen LogP contribution is 2.30. The van der Waals surface area contributed by atoms with Gasteiger partial charge in [-0.15, -0.1) is 0 Å². The lowest BCUT2D eigenvalue weighted by Crippen LogP contribution is -2.27. The largest absolute Gasteiger partial charge is 0.444 e. The first-order valence-electron chi connectivity index (χ1n) is 6.56. The van der Waals surface area contributed by atoms with Crippen molar-refractivity contribution in [3.8, 4) is 17.5 Å². The molecule has 1 aromatic heterocycles. The first-order chi connectivity index (χ1) is 10.7. The third-order valence-electron chi connectivity index (χ3n) is 2.51. The summed E-state index contributed by atoms with van der Waals surface area (Å²) >= 11 is 11.8. The number of aromatic nitrogens is 1. The summed E-state index contributed by atoms with van der Waals surface area (Å²) in [5.74, 6) is 0.0361. The van der Waals surface area contributed by atoms with E-state index in [2.05, 4.69) is 10.3 Å². The Labute approximate surface area is 143 Å². The van der Waals surface area contributed by atoms with Crippen molar-refractivity contribution >= 4 is 35.2 Å². The molecule has 0 aliphatic carbocycles. The van der Waals surface area contributed by atoms with Crippen LogP contribution in [0.25, 0.3) is 11.5 Å². The van der Waals surface area contributed by atoms with Crippen LogP contribution in [0.5, 0.6) is 0 Å². The third-order valence-corrected chi connectivity index (χ3v) is 3.25. The van der Waals surface area contributed by atoms with Gasteiger partial charge in [-0.05, 0) is 39.0 Å². The maximum atomic E-state index is 11.8. The van der Waals surface area contributed by atoms with E-state index >= 15 is 0 Å². The first-order valence-corrected chi connectivity index (χ1v) is 7.31. The van der Waals surface area contributed by atoms with Gasteiger partial charge < -0.3 is 9.15 Å². The smallest absolute Gasteiger partial charge is 0.414 e. The zero-order chi connectivity index (χ0) is 17.2. The molecule has 120 valence electrons. The number of nitriles is 1. The molecule has 0 spiro atoms.